The summed E-state index contributed by atoms with van der Waals surface area (Å²) in [5.74, 6) is 1.36. The van der Waals surface area contributed by atoms with Crippen molar-refractivity contribution in [2.45, 2.75) is 32.6 Å². The maximum atomic E-state index is 13.3. The van der Waals surface area contributed by atoms with Gasteiger partial charge in [0.05, 0.1) is 0 Å². The second-order valence-electron chi connectivity index (χ2n) is 7.08. The highest BCUT2D eigenvalue weighted by atomic mass is 35.5. The number of hydrogen-bond donors (Lipinski definition) is 1. The zero-order valence-corrected chi connectivity index (χ0v) is 21.6. The number of aryl methyl sites for hydroxylation is 1. The molecule has 0 aliphatic rings. The summed E-state index contributed by atoms with van der Waals surface area (Å²) in [4.78, 5) is 0.768. The molecular weight excluding hydrogens is 514 g/mol. The highest BCUT2D eigenvalue weighted by Gasteiger charge is 2.22. The number of halogens is 1. The molecule has 10 heteroatoms. The standard InChI is InChI=1S/C23H20ClN3O2S4/c1-16-12-21(20(13-19(16)24)30-14-17-8-4-2-5-9-17)33(28,29)27-22-25-26-23(32-22)31-15-18-10-6-3-7-11-18/h2-13H,14-15H2,1H3,(H,25,27). The molecule has 0 saturated heterocycles. The molecule has 0 bridgehead atoms. The van der Waals surface area contributed by atoms with Gasteiger partial charge in [0.15, 0.2) is 4.34 Å². The molecule has 1 heterocycles. The Bertz CT molecular complexity index is 1330. The molecule has 170 valence electrons. The van der Waals surface area contributed by atoms with Crippen LogP contribution in [0.15, 0.2) is 86.9 Å². The van der Waals surface area contributed by atoms with Crippen LogP contribution in [0.25, 0.3) is 0 Å². The molecule has 0 saturated carbocycles. The van der Waals surface area contributed by atoms with Gasteiger partial charge in [-0.15, -0.1) is 22.0 Å². The summed E-state index contributed by atoms with van der Waals surface area (Å²) in [5.41, 5.74) is 2.95. The molecule has 0 fully saturated rings. The van der Waals surface area contributed by atoms with E-state index in [2.05, 4.69) is 14.9 Å². The number of nitrogens with zero attached hydrogens (tertiary/aromatic N) is 2. The van der Waals surface area contributed by atoms with Crippen LogP contribution in [0, 0.1) is 6.92 Å². The molecule has 1 aromatic heterocycles. The van der Waals surface area contributed by atoms with Crippen molar-refractivity contribution in [2.24, 2.45) is 0 Å². The minimum absolute atomic E-state index is 0.180. The van der Waals surface area contributed by atoms with Crippen molar-refractivity contribution in [3.63, 3.8) is 0 Å². The Morgan fingerprint density at radius 2 is 1.52 bits per heavy atom. The van der Waals surface area contributed by atoms with E-state index in [1.54, 1.807) is 19.1 Å². The van der Waals surface area contributed by atoms with Crippen LogP contribution < -0.4 is 4.72 Å². The Labute approximate surface area is 211 Å². The van der Waals surface area contributed by atoms with E-state index in [9.17, 15) is 8.42 Å². The van der Waals surface area contributed by atoms with Crippen LogP contribution in [0.5, 0.6) is 0 Å². The van der Waals surface area contributed by atoms with Gasteiger partial charge in [0, 0.05) is 21.4 Å². The monoisotopic (exact) mass is 533 g/mol. The lowest BCUT2D eigenvalue weighted by Crippen LogP contribution is -2.14. The van der Waals surface area contributed by atoms with Crippen LogP contribution >= 0.6 is 46.5 Å². The minimum atomic E-state index is -3.87. The summed E-state index contributed by atoms with van der Waals surface area (Å²) >= 11 is 10.5. The second-order valence-corrected chi connectivity index (χ2v) is 12.4. The maximum Gasteiger partial charge on any atom is 0.264 e. The number of sulfonamides is 1. The Kier molecular flexibility index (Phi) is 7.98. The third-order valence-electron chi connectivity index (χ3n) is 4.58. The van der Waals surface area contributed by atoms with Gasteiger partial charge in [0.2, 0.25) is 5.13 Å². The fraction of sp³-hybridized carbons (Fsp3) is 0.130. The zero-order valence-electron chi connectivity index (χ0n) is 17.6. The summed E-state index contributed by atoms with van der Waals surface area (Å²) in [6.45, 7) is 1.79. The van der Waals surface area contributed by atoms with Crippen LogP contribution in [0.2, 0.25) is 5.02 Å². The molecule has 4 rings (SSSR count). The largest absolute Gasteiger partial charge is 0.264 e. The molecule has 33 heavy (non-hydrogen) atoms. The van der Waals surface area contributed by atoms with E-state index in [1.807, 2.05) is 60.7 Å². The van der Waals surface area contributed by atoms with Crippen molar-refractivity contribution in [3.8, 4) is 0 Å². The van der Waals surface area contributed by atoms with Crippen LogP contribution in [0.1, 0.15) is 16.7 Å². The average molecular weight is 534 g/mol. The van der Waals surface area contributed by atoms with E-state index < -0.39 is 10.0 Å². The zero-order chi connectivity index (χ0) is 23.3. The molecule has 0 unspecified atom stereocenters. The van der Waals surface area contributed by atoms with Gasteiger partial charge >= 0.3 is 0 Å². The Morgan fingerprint density at radius 3 is 2.15 bits per heavy atom. The first-order valence-electron chi connectivity index (χ1n) is 9.90. The summed E-state index contributed by atoms with van der Waals surface area (Å²) in [6.07, 6.45) is 0. The molecule has 0 aliphatic heterocycles. The summed E-state index contributed by atoms with van der Waals surface area (Å²) in [6, 6.07) is 23.2. The molecule has 0 radical (unpaired) electrons. The third kappa shape index (κ3) is 6.51. The van der Waals surface area contributed by atoms with Gasteiger partial charge in [-0.3, -0.25) is 4.72 Å². The fourth-order valence-electron chi connectivity index (χ4n) is 2.89. The quantitative estimate of drug-likeness (QED) is 0.236. The van der Waals surface area contributed by atoms with Crippen molar-refractivity contribution in [1.29, 1.82) is 0 Å². The molecule has 0 spiro atoms. The van der Waals surface area contributed by atoms with Gasteiger partial charge < -0.3 is 0 Å². The van der Waals surface area contributed by atoms with Gasteiger partial charge in [-0.2, -0.15) is 0 Å². The molecule has 4 aromatic rings. The normalized spacial score (nSPS) is 11.5. The molecule has 3 aromatic carbocycles. The van der Waals surface area contributed by atoms with E-state index in [0.29, 0.717) is 25.6 Å². The highest BCUT2D eigenvalue weighted by Crippen LogP contribution is 2.35. The Balaban J connectivity index is 1.50. The van der Waals surface area contributed by atoms with Gasteiger partial charge in [-0.1, -0.05) is 95.4 Å². The van der Waals surface area contributed by atoms with E-state index in [-0.39, 0.29) is 10.0 Å². The number of aromatic nitrogens is 2. The van der Waals surface area contributed by atoms with Gasteiger partial charge in [-0.05, 0) is 35.7 Å². The lowest BCUT2D eigenvalue weighted by molar-refractivity contribution is 0.599. The molecule has 5 nitrogen and oxygen atoms in total. The SMILES string of the molecule is Cc1cc(S(=O)(=O)Nc2nnc(SCc3ccccc3)s2)c(SCc2ccccc2)cc1Cl. The first-order valence-corrected chi connectivity index (χ1v) is 14.6. The predicted octanol–water partition coefficient (Wildman–Crippen LogP) is 6.89. The summed E-state index contributed by atoms with van der Waals surface area (Å²) in [7, 11) is -3.87. The lowest BCUT2D eigenvalue weighted by atomic mass is 10.2. The topological polar surface area (TPSA) is 72.0 Å². The molecule has 1 N–H and O–H groups in total. The van der Waals surface area contributed by atoms with Gasteiger partial charge in [-0.25, -0.2) is 8.42 Å². The van der Waals surface area contributed by atoms with Gasteiger partial charge in [0.1, 0.15) is 4.90 Å². The fourth-order valence-corrected chi connectivity index (χ4v) is 7.64. The number of anilines is 1. The smallest absolute Gasteiger partial charge is 0.253 e. The lowest BCUT2D eigenvalue weighted by Gasteiger charge is -2.13. The highest BCUT2D eigenvalue weighted by molar-refractivity contribution is 8.00. The predicted molar refractivity (Wildman–Crippen MR) is 139 cm³/mol. The van der Waals surface area contributed by atoms with E-state index in [0.717, 1.165) is 16.9 Å². The van der Waals surface area contributed by atoms with Gasteiger partial charge in [0.25, 0.3) is 10.0 Å². The first-order chi connectivity index (χ1) is 15.9. The number of rotatable bonds is 9. The second kappa shape index (κ2) is 10.9. The third-order valence-corrected chi connectivity index (χ3v) is 9.80. The molecule has 0 amide bonds. The van der Waals surface area contributed by atoms with Crippen molar-refractivity contribution < 1.29 is 8.42 Å². The maximum absolute atomic E-state index is 13.3. The van der Waals surface area contributed by atoms with E-state index in [4.69, 9.17) is 11.6 Å². The first kappa shape index (κ1) is 24.1. The van der Waals surface area contributed by atoms with Crippen molar-refractivity contribution in [1.82, 2.24) is 10.2 Å². The van der Waals surface area contributed by atoms with E-state index >= 15 is 0 Å². The summed E-state index contributed by atoms with van der Waals surface area (Å²) in [5, 5.41) is 8.91. The molecule has 0 aliphatic carbocycles. The number of hydrogen-bond acceptors (Lipinski definition) is 7. The van der Waals surface area contributed by atoms with Crippen LogP contribution in [0.4, 0.5) is 5.13 Å². The van der Waals surface area contributed by atoms with Crippen LogP contribution in [-0.4, -0.2) is 18.6 Å². The van der Waals surface area contributed by atoms with Crippen LogP contribution in [-0.2, 0) is 21.5 Å². The molecular formula is C23H20ClN3O2S4. The Morgan fingerprint density at radius 1 is 0.909 bits per heavy atom. The van der Waals surface area contributed by atoms with Crippen LogP contribution in [0.3, 0.4) is 0 Å². The summed E-state index contributed by atoms with van der Waals surface area (Å²) < 4.78 is 29.8. The number of nitrogens with one attached hydrogen (secondary N) is 1. The number of thioether (sulfide) groups is 2. The van der Waals surface area contributed by atoms with Crippen molar-refractivity contribution in [3.05, 3.63) is 94.5 Å². The number of benzene rings is 3. The molecule has 0 atom stereocenters. The van der Waals surface area contributed by atoms with Crippen molar-refractivity contribution in [2.75, 3.05) is 4.72 Å². The van der Waals surface area contributed by atoms with Crippen molar-refractivity contribution >= 4 is 61.6 Å². The minimum Gasteiger partial charge on any atom is -0.253 e. The van der Waals surface area contributed by atoms with E-state index in [1.165, 1.54) is 34.9 Å². The Hall–Kier alpha value is -2.04. The average Bonchev–Trinajstić information content (AvgIpc) is 3.26.